The van der Waals surface area contributed by atoms with Crippen LogP contribution in [0.4, 0.5) is 0 Å². The Morgan fingerprint density at radius 2 is 0.633 bits per heavy atom. The van der Waals surface area contributed by atoms with Gasteiger partial charge in [0.2, 0.25) is 35.4 Å². The predicted octanol–water partition coefficient (Wildman–Crippen LogP) is 7.30. The van der Waals surface area contributed by atoms with Gasteiger partial charge in [-0.3, -0.25) is 28.8 Å². The molecule has 0 fully saturated rings. The molecule has 0 spiro atoms. The van der Waals surface area contributed by atoms with E-state index >= 15 is 0 Å². The van der Waals surface area contributed by atoms with E-state index in [0.29, 0.717) is 64.7 Å². The van der Waals surface area contributed by atoms with Gasteiger partial charge in [0.15, 0.2) is 0 Å². The van der Waals surface area contributed by atoms with Gasteiger partial charge in [0.1, 0.15) is 24.2 Å². The second kappa shape index (κ2) is 54.6. The third-order valence-corrected chi connectivity index (χ3v) is 14.5. The molecule has 0 aliphatic heterocycles. The Morgan fingerprint density at radius 3 is 0.937 bits per heavy atom. The van der Waals surface area contributed by atoms with Gasteiger partial charge < -0.3 is 65.0 Å². The number of nitrogens with two attached hydrogens (primary N) is 4. The highest BCUT2D eigenvalue weighted by molar-refractivity contribution is 5.94. The van der Waals surface area contributed by atoms with Gasteiger partial charge in [-0.15, -0.1) is 0 Å². The maximum Gasteiger partial charge on any atom is 0.245 e. The van der Waals surface area contributed by atoms with Crippen LogP contribution >= 0.6 is 0 Å². The van der Waals surface area contributed by atoms with Crippen molar-refractivity contribution in [2.75, 3.05) is 39.4 Å². The number of amides is 6. The van der Waals surface area contributed by atoms with Crippen molar-refractivity contribution < 1.29 is 39.0 Å². The van der Waals surface area contributed by atoms with Crippen molar-refractivity contribution in [2.45, 2.75) is 288 Å². The fourth-order valence-electron chi connectivity index (χ4n) is 9.25. The summed E-state index contributed by atoms with van der Waals surface area (Å²) in [6, 6.07) is -6.90. The summed E-state index contributed by atoms with van der Waals surface area (Å²) in [5, 5.41) is 36.6. The minimum atomic E-state index is -1.39. The Morgan fingerprint density at radius 1 is 0.342 bits per heavy atom. The van der Waals surface area contributed by atoms with Crippen LogP contribution in [0.25, 0.3) is 0 Å². The van der Waals surface area contributed by atoms with E-state index in [2.05, 4.69) is 70.1 Å². The van der Waals surface area contributed by atoms with Gasteiger partial charge in [-0.2, -0.15) is 0 Å². The number of nitrogens with one attached hydrogen (secondary N) is 6. The van der Waals surface area contributed by atoms with Crippen LogP contribution in [0.3, 0.4) is 0 Å². The highest BCUT2D eigenvalue weighted by Crippen LogP contribution is 2.13. The van der Waals surface area contributed by atoms with Crippen molar-refractivity contribution in [1.82, 2.24) is 31.9 Å². The number of rotatable bonds is 56. The number of aliphatic hydroxyl groups excluding tert-OH is 2. The molecule has 6 amide bonds. The Balaban J connectivity index is 5.73. The fraction of sp³-hybridized carbons (Fsp3) is 0.836. The van der Waals surface area contributed by atoms with Crippen molar-refractivity contribution >= 4 is 35.4 Å². The molecule has 0 saturated heterocycles. The average Bonchev–Trinajstić information content (AvgIpc) is 3.44. The van der Waals surface area contributed by atoms with Gasteiger partial charge in [0.05, 0.1) is 25.3 Å². The van der Waals surface area contributed by atoms with Gasteiger partial charge in [0.25, 0.3) is 0 Å². The number of hydrogen-bond acceptors (Lipinski definition) is 12. The first-order valence-corrected chi connectivity index (χ1v) is 31.6. The normalized spacial score (nSPS) is 13.9. The summed E-state index contributed by atoms with van der Waals surface area (Å²) >= 11 is 0. The quantitative estimate of drug-likeness (QED) is 0.0211. The van der Waals surface area contributed by atoms with Crippen LogP contribution in [0.1, 0.15) is 251 Å². The molecule has 0 aromatic heterocycles. The number of aliphatic hydroxyl groups is 2. The summed E-state index contributed by atoms with van der Waals surface area (Å²) in [6.07, 6.45) is 45.0. The predicted molar refractivity (Wildman–Crippen MR) is 322 cm³/mol. The molecule has 18 heteroatoms. The summed E-state index contributed by atoms with van der Waals surface area (Å²) in [6.45, 7) is 4.61. The lowest BCUT2D eigenvalue weighted by atomic mass is 10.0. The number of allylic oxidation sites excluding steroid dienone is 4. The van der Waals surface area contributed by atoms with E-state index in [1.807, 2.05) is 0 Å². The molecule has 0 bridgehead atoms. The molecule has 0 aromatic rings. The Hall–Kier alpha value is -3.94. The number of hydrogen-bond donors (Lipinski definition) is 12. The molecule has 6 unspecified atom stereocenters. The molecule has 0 rings (SSSR count). The van der Waals surface area contributed by atoms with Crippen LogP contribution < -0.4 is 54.8 Å². The minimum absolute atomic E-state index is 0.0298. The van der Waals surface area contributed by atoms with E-state index in [9.17, 15) is 39.0 Å². The minimum Gasteiger partial charge on any atom is -0.394 e. The van der Waals surface area contributed by atoms with Crippen molar-refractivity contribution in [3.63, 3.8) is 0 Å². The first kappa shape index (κ1) is 75.1. The molecule has 0 radical (unpaired) electrons. The van der Waals surface area contributed by atoms with E-state index in [4.69, 9.17) is 22.9 Å². The topological polar surface area (TPSA) is 319 Å². The SMILES string of the molecule is CCCCCCCCC=CCCCCCCCCNC(=O)C(CCCC(NC(=O)C(CO)NC(=O)C(N)CCCCN)C(=O)NCCCCCCCCC=CCCCCCCCC)NC(=O)C(CO)NC(=O)C(N)CCCCN. The summed E-state index contributed by atoms with van der Waals surface area (Å²) in [5.41, 5.74) is 23.3. The zero-order valence-corrected chi connectivity index (χ0v) is 49.8. The standard InChI is InChI=1S/C61H118N10O8/c1-3-5-7-9-11-13-15-17-19-21-23-25-27-29-31-37-46-66-58(76)52(68-60(78)54(48-72)70-56(74)50(64)40-33-35-44-62)42-39-43-53(69-61(79)55(49-73)71-57(75)51(65)41-34-36-45-63)59(77)67-47-38-32-30-28-26-24-22-20-18-16-14-12-10-8-6-4-2/h17-20,50-55,72-73H,3-16,21-49,62-65H2,1-2H3,(H,66,76)(H,67,77)(H,68,78)(H,69,79)(H,70,74)(H,71,75). The van der Waals surface area contributed by atoms with Crippen LogP contribution in [-0.2, 0) is 28.8 Å². The first-order valence-electron chi connectivity index (χ1n) is 31.6. The van der Waals surface area contributed by atoms with E-state index in [-0.39, 0.29) is 19.3 Å². The summed E-state index contributed by atoms with van der Waals surface area (Å²) in [4.78, 5) is 80.7. The van der Waals surface area contributed by atoms with Crippen LogP contribution in [0.5, 0.6) is 0 Å². The van der Waals surface area contributed by atoms with Crippen LogP contribution in [0.15, 0.2) is 24.3 Å². The molecular weight excluding hydrogens is 1000 g/mol. The van der Waals surface area contributed by atoms with Crippen molar-refractivity contribution in [3.8, 4) is 0 Å². The molecule has 0 heterocycles. The molecule has 0 saturated carbocycles. The molecule has 79 heavy (non-hydrogen) atoms. The summed E-state index contributed by atoms with van der Waals surface area (Å²) < 4.78 is 0. The van der Waals surface area contributed by atoms with Crippen molar-refractivity contribution in [3.05, 3.63) is 24.3 Å². The number of carbonyl (C=O) groups excluding carboxylic acids is 6. The molecular formula is C61H118N10O8. The van der Waals surface area contributed by atoms with E-state index < -0.39 is 84.9 Å². The lowest BCUT2D eigenvalue weighted by Crippen LogP contribution is -2.57. The molecule has 460 valence electrons. The molecule has 6 atom stereocenters. The highest BCUT2D eigenvalue weighted by Gasteiger charge is 2.30. The van der Waals surface area contributed by atoms with Crippen molar-refractivity contribution in [2.24, 2.45) is 22.9 Å². The van der Waals surface area contributed by atoms with Gasteiger partial charge in [-0.25, -0.2) is 0 Å². The van der Waals surface area contributed by atoms with Gasteiger partial charge in [-0.1, -0.05) is 167 Å². The van der Waals surface area contributed by atoms with E-state index in [1.165, 1.54) is 77.0 Å². The van der Waals surface area contributed by atoms with E-state index in [0.717, 1.165) is 103 Å². The molecule has 18 nitrogen and oxygen atoms in total. The number of unbranched alkanes of at least 4 members (excludes halogenated alkanes) is 26. The highest BCUT2D eigenvalue weighted by atomic mass is 16.3. The maximum absolute atomic E-state index is 13.8. The van der Waals surface area contributed by atoms with Gasteiger partial charge >= 0.3 is 0 Å². The summed E-state index contributed by atoms with van der Waals surface area (Å²) in [7, 11) is 0. The lowest BCUT2D eigenvalue weighted by Gasteiger charge is -2.25. The van der Waals surface area contributed by atoms with Crippen LogP contribution in [-0.4, -0.2) is 121 Å². The van der Waals surface area contributed by atoms with Crippen LogP contribution in [0, 0.1) is 0 Å². The maximum atomic E-state index is 13.8. The second-order valence-electron chi connectivity index (χ2n) is 21.8. The lowest BCUT2D eigenvalue weighted by molar-refractivity contribution is -0.133. The monoisotopic (exact) mass is 1120 g/mol. The summed E-state index contributed by atoms with van der Waals surface area (Å²) in [5.74, 6) is -3.77. The zero-order valence-electron chi connectivity index (χ0n) is 49.8. The smallest absolute Gasteiger partial charge is 0.245 e. The molecule has 0 aliphatic carbocycles. The zero-order chi connectivity index (χ0) is 58.4. The Bertz CT molecular complexity index is 1480. The third-order valence-electron chi connectivity index (χ3n) is 14.5. The Kier molecular flexibility index (Phi) is 51.9. The van der Waals surface area contributed by atoms with Crippen LogP contribution in [0.2, 0.25) is 0 Å². The van der Waals surface area contributed by atoms with Crippen molar-refractivity contribution in [1.29, 1.82) is 0 Å². The second-order valence-corrected chi connectivity index (χ2v) is 21.8. The number of carbonyl (C=O) groups is 6. The largest absolute Gasteiger partial charge is 0.394 e. The molecule has 0 aliphatic rings. The third kappa shape index (κ3) is 43.5. The molecule has 0 aromatic carbocycles. The first-order chi connectivity index (χ1) is 38.4. The van der Waals surface area contributed by atoms with Gasteiger partial charge in [-0.05, 0) is 122 Å². The van der Waals surface area contributed by atoms with E-state index in [1.54, 1.807) is 0 Å². The van der Waals surface area contributed by atoms with Gasteiger partial charge in [0, 0.05) is 13.1 Å². The molecule has 16 N–H and O–H groups in total. The Labute approximate surface area is 478 Å². The average molecular weight is 1120 g/mol. The fourth-order valence-corrected chi connectivity index (χ4v) is 9.25.